The van der Waals surface area contributed by atoms with Gasteiger partial charge in [-0.1, -0.05) is 27.7 Å². The first-order valence-electron chi connectivity index (χ1n) is 7.81. The molecule has 1 atom stereocenters. The lowest BCUT2D eigenvalue weighted by molar-refractivity contribution is -0.122. The Balaban J connectivity index is 4.01. The van der Waals surface area contributed by atoms with Gasteiger partial charge in [-0.25, -0.2) is 0 Å². The van der Waals surface area contributed by atoms with E-state index in [4.69, 9.17) is 4.74 Å². The Bertz CT molecular complexity index is 345. The van der Waals surface area contributed by atoms with Crippen molar-refractivity contribution in [3.05, 3.63) is 0 Å². The van der Waals surface area contributed by atoms with E-state index in [1.165, 1.54) is 11.8 Å². The van der Waals surface area contributed by atoms with E-state index in [1.54, 1.807) is 0 Å². The summed E-state index contributed by atoms with van der Waals surface area (Å²) < 4.78 is 5.39. The van der Waals surface area contributed by atoms with Crippen LogP contribution < -0.4 is 5.32 Å². The third-order valence-electron chi connectivity index (χ3n) is 2.91. The van der Waals surface area contributed by atoms with Gasteiger partial charge in [0.25, 0.3) is 0 Å². The van der Waals surface area contributed by atoms with Gasteiger partial charge in [-0.3, -0.25) is 9.59 Å². The molecule has 0 aliphatic rings. The number of amides is 1. The molecule has 22 heavy (non-hydrogen) atoms. The number of carbonyl (C=O) groups excluding carboxylic acids is 3. The van der Waals surface area contributed by atoms with Crippen LogP contribution in [-0.4, -0.2) is 48.7 Å². The van der Waals surface area contributed by atoms with Crippen molar-refractivity contribution in [2.24, 2.45) is 11.8 Å². The number of aldehydes is 1. The molecule has 1 amide bonds. The second-order valence-electron chi connectivity index (χ2n) is 5.89. The molecule has 0 saturated carbocycles. The molecule has 0 bridgehead atoms. The number of hydrogen-bond donors (Lipinski definition) is 1. The Hall–Kier alpha value is -0.880. The van der Waals surface area contributed by atoms with Gasteiger partial charge in [-0.05, 0) is 5.92 Å². The zero-order valence-electron chi connectivity index (χ0n) is 14.1. The van der Waals surface area contributed by atoms with Gasteiger partial charge in [-0.15, -0.1) is 11.8 Å². The van der Waals surface area contributed by atoms with Gasteiger partial charge in [-0.2, -0.15) is 0 Å². The Labute approximate surface area is 137 Å². The maximum atomic E-state index is 12.0. The number of ether oxygens (including phenoxy) is 1. The Morgan fingerprint density at radius 2 is 1.91 bits per heavy atom. The van der Waals surface area contributed by atoms with Crippen LogP contribution in [0.2, 0.25) is 0 Å². The largest absolute Gasteiger partial charge is 0.379 e. The van der Waals surface area contributed by atoms with Crippen molar-refractivity contribution in [2.45, 2.75) is 45.8 Å². The normalized spacial score (nSPS) is 12.5. The van der Waals surface area contributed by atoms with Gasteiger partial charge in [0, 0.05) is 37.7 Å². The molecule has 0 saturated heterocycles. The van der Waals surface area contributed by atoms with Crippen LogP contribution in [0.25, 0.3) is 0 Å². The van der Waals surface area contributed by atoms with Crippen LogP contribution in [0.4, 0.5) is 0 Å². The summed E-state index contributed by atoms with van der Waals surface area (Å²) in [6.07, 6.45) is 1.35. The van der Waals surface area contributed by atoms with E-state index < -0.39 is 5.25 Å². The van der Waals surface area contributed by atoms with Crippen molar-refractivity contribution in [1.29, 1.82) is 0 Å². The number of ketones is 1. The molecule has 128 valence electrons. The van der Waals surface area contributed by atoms with Crippen molar-refractivity contribution < 1.29 is 19.1 Å². The molecule has 0 aliphatic carbocycles. The lowest BCUT2D eigenvalue weighted by Crippen LogP contribution is -2.35. The maximum absolute atomic E-state index is 12.0. The van der Waals surface area contributed by atoms with Gasteiger partial charge in [0.05, 0.1) is 11.9 Å². The number of rotatable bonds is 13. The number of carbonyl (C=O) groups is 3. The van der Waals surface area contributed by atoms with Crippen molar-refractivity contribution in [2.75, 3.05) is 25.5 Å². The van der Waals surface area contributed by atoms with E-state index in [0.717, 1.165) is 6.29 Å². The quantitative estimate of drug-likeness (QED) is 0.413. The molecule has 0 heterocycles. The topological polar surface area (TPSA) is 72.5 Å². The van der Waals surface area contributed by atoms with Crippen LogP contribution in [0.5, 0.6) is 0 Å². The van der Waals surface area contributed by atoms with Crippen molar-refractivity contribution in [3.8, 4) is 0 Å². The number of nitrogens with one attached hydrogen (secondary N) is 1. The molecule has 0 aliphatic heterocycles. The molecule has 6 heteroatoms. The third kappa shape index (κ3) is 10.8. The minimum Gasteiger partial charge on any atom is -0.379 e. The Morgan fingerprint density at radius 1 is 1.23 bits per heavy atom. The first-order chi connectivity index (χ1) is 10.4. The molecular formula is C16H29NO4S. The van der Waals surface area contributed by atoms with E-state index in [0.29, 0.717) is 37.9 Å². The van der Waals surface area contributed by atoms with Gasteiger partial charge >= 0.3 is 0 Å². The maximum Gasteiger partial charge on any atom is 0.233 e. The highest BCUT2D eigenvalue weighted by Crippen LogP contribution is 2.16. The average molecular weight is 331 g/mol. The van der Waals surface area contributed by atoms with Gasteiger partial charge in [0.15, 0.2) is 0 Å². The zero-order valence-corrected chi connectivity index (χ0v) is 14.9. The molecular weight excluding hydrogens is 302 g/mol. The first-order valence-corrected chi connectivity index (χ1v) is 8.86. The van der Waals surface area contributed by atoms with E-state index in [9.17, 15) is 14.4 Å². The minimum absolute atomic E-state index is 0.0112. The molecule has 5 nitrogen and oxygen atoms in total. The molecule has 1 N–H and O–H groups in total. The Morgan fingerprint density at radius 3 is 2.45 bits per heavy atom. The molecule has 0 fully saturated rings. The van der Waals surface area contributed by atoms with Crippen LogP contribution in [0, 0.1) is 11.8 Å². The first kappa shape index (κ1) is 21.1. The van der Waals surface area contributed by atoms with Crippen LogP contribution in [0.15, 0.2) is 0 Å². The summed E-state index contributed by atoms with van der Waals surface area (Å²) in [6.45, 7) is 9.42. The lowest BCUT2D eigenvalue weighted by Gasteiger charge is -2.14. The van der Waals surface area contributed by atoms with Crippen LogP contribution >= 0.6 is 11.8 Å². The predicted molar refractivity (Wildman–Crippen MR) is 90.1 cm³/mol. The summed E-state index contributed by atoms with van der Waals surface area (Å²) in [5.41, 5.74) is 0. The van der Waals surface area contributed by atoms with Crippen LogP contribution in [0.1, 0.15) is 40.5 Å². The molecule has 0 aromatic carbocycles. The highest BCUT2D eigenvalue weighted by Gasteiger charge is 2.19. The number of thioether (sulfide) groups is 1. The lowest BCUT2D eigenvalue weighted by atomic mass is 10.1. The SMILES string of the molecule is CC(C)COCCNC(=O)C(CC=O)SCCC(=O)C(C)C. The van der Waals surface area contributed by atoms with Gasteiger partial charge < -0.3 is 14.8 Å². The second kappa shape index (κ2) is 12.6. The van der Waals surface area contributed by atoms with Crippen molar-refractivity contribution in [3.63, 3.8) is 0 Å². The molecule has 1 unspecified atom stereocenters. The fourth-order valence-electron chi connectivity index (χ4n) is 1.61. The van der Waals surface area contributed by atoms with Crippen LogP contribution in [-0.2, 0) is 19.1 Å². The van der Waals surface area contributed by atoms with Crippen LogP contribution in [0.3, 0.4) is 0 Å². The number of hydrogen-bond acceptors (Lipinski definition) is 5. The zero-order chi connectivity index (χ0) is 17.0. The summed E-state index contributed by atoms with van der Waals surface area (Å²) in [4.78, 5) is 34.3. The smallest absolute Gasteiger partial charge is 0.233 e. The molecule has 0 spiro atoms. The fraction of sp³-hybridized carbons (Fsp3) is 0.812. The third-order valence-corrected chi connectivity index (χ3v) is 4.16. The van der Waals surface area contributed by atoms with Crippen molar-refractivity contribution >= 4 is 29.7 Å². The molecule has 0 radical (unpaired) electrons. The monoisotopic (exact) mass is 331 g/mol. The summed E-state index contributed by atoms with van der Waals surface area (Å²) >= 11 is 1.36. The van der Waals surface area contributed by atoms with E-state index in [2.05, 4.69) is 19.2 Å². The average Bonchev–Trinajstić information content (AvgIpc) is 2.45. The van der Waals surface area contributed by atoms with Gasteiger partial charge in [0.1, 0.15) is 12.1 Å². The fourth-order valence-corrected chi connectivity index (χ4v) is 2.66. The number of Topliss-reactive ketones (excluding diaryl/α,β-unsaturated/α-hetero) is 1. The van der Waals surface area contributed by atoms with E-state index in [1.807, 2.05) is 13.8 Å². The molecule has 0 aromatic rings. The van der Waals surface area contributed by atoms with E-state index in [-0.39, 0.29) is 24.0 Å². The minimum atomic E-state index is -0.428. The second-order valence-corrected chi connectivity index (χ2v) is 7.20. The van der Waals surface area contributed by atoms with Gasteiger partial charge in [0.2, 0.25) is 5.91 Å². The molecule has 0 aromatic heterocycles. The van der Waals surface area contributed by atoms with E-state index >= 15 is 0 Å². The summed E-state index contributed by atoms with van der Waals surface area (Å²) in [5.74, 6) is 1.05. The Kier molecular flexibility index (Phi) is 12.1. The summed E-state index contributed by atoms with van der Waals surface area (Å²) in [6, 6.07) is 0. The predicted octanol–water partition coefficient (Wildman–Crippen LogP) is 2.08. The summed E-state index contributed by atoms with van der Waals surface area (Å²) in [5, 5.41) is 2.35. The standard InChI is InChI=1S/C16H29NO4S/c1-12(2)11-21-9-7-17-16(20)15(5-8-18)22-10-6-14(19)13(3)4/h8,12-13,15H,5-7,9-11H2,1-4H3,(H,17,20). The molecule has 0 rings (SSSR count). The highest BCUT2D eigenvalue weighted by molar-refractivity contribution is 8.00. The van der Waals surface area contributed by atoms with Crippen molar-refractivity contribution in [1.82, 2.24) is 5.32 Å². The highest BCUT2D eigenvalue weighted by atomic mass is 32.2. The summed E-state index contributed by atoms with van der Waals surface area (Å²) in [7, 11) is 0.